The summed E-state index contributed by atoms with van der Waals surface area (Å²) in [5.74, 6) is -0.860. The number of rotatable bonds is 4. The van der Waals surface area contributed by atoms with Crippen molar-refractivity contribution in [2.75, 3.05) is 6.54 Å². The number of carbonyl (C=O) groups is 1. The van der Waals surface area contributed by atoms with Gasteiger partial charge in [-0.25, -0.2) is 0 Å². The summed E-state index contributed by atoms with van der Waals surface area (Å²) in [5, 5.41) is 14.1. The van der Waals surface area contributed by atoms with Crippen LogP contribution >= 0.6 is 11.3 Å². The first-order chi connectivity index (χ1) is 10.3. The Bertz CT molecular complexity index is 667. The normalized spacial score (nSPS) is 13.0. The quantitative estimate of drug-likeness (QED) is 0.901. The smallest absolute Gasteiger partial charge is 0.386 e. The second kappa shape index (κ2) is 6.50. The Morgan fingerprint density at radius 2 is 2.00 bits per heavy atom. The Balaban J connectivity index is 2.09. The number of nitrogens with one attached hydrogen (secondary N) is 1. The molecule has 7 heteroatoms. The van der Waals surface area contributed by atoms with E-state index in [1.165, 1.54) is 23.5 Å². The fourth-order valence-electron chi connectivity index (χ4n) is 2.03. The maximum absolute atomic E-state index is 12.9. The molecule has 0 radical (unpaired) electrons. The summed E-state index contributed by atoms with van der Waals surface area (Å²) < 4.78 is 38.6. The summed E-state index contributed by atoms with van der Waals surface area (Å²) in [6, 6.07) is 6.38. The number of hydrogen-bond acceptors (Lipinski definition) is 3. The van der Waals surface area contributed by atoms with E-state index >= 15 is 0 Å². The average Bonchev–Trinajstić information content (AvgIpc) is 2.89. The van der Waals surface area contributed by atoms with E-state index in [0.29, 0.717) is 4.88 Å². The third-order valence-corrected chi connectivity index (χ3v) is 4.26. The fraction of sp³-hybridized carbons (Fsp3) is 0.267. The van der Waals surface area contributed by atoms with Crippen molar-refractivity contribution in [1.82, 2.24) is 5.32 Å². The highest BCUT2D eigenvalue weighted by Crippen LogP contribution is 2.31. The van der Waals surface area contributed by atoms with Crippen molar-refractivity contribution < 1.29 is 23.1 Å². The molecule has 1 aromatic heterocycles. The molecule has 0 spiro atoms. The molecule has 0 aliphatic carbocycles. The SMILES string of the molecule is Cc1ccsc1[C@@H](O)CNC(=O)c1ccccc1C(F)(F)F. The summed E-state index contributed by atoms with van der Waals surface area (Å²) in [6.45, 7) is 1.67. The first kappa shape index (κ1) is 16.5. The van der Waals surface area contributed by atoms with Gasteiger partial charge in [0.15, 0.2) is 0 Å². The van der Waals surface area contributed by atoms with E-state index in [0.717, 1.165) is 17.7 Å². The summed E-state index contributed by atoms with van der Waals surface area (Å²) in [7, 11) is 0. The third-order valence-electron chi connectivity index (χ3n) is 3.14. The number of carbonyl (C=O) groups excluding carboxylic acids is 1. The maximum Gasteiger partial charge on any atom is 0.417 e. The number of benzene rings is 1. The second-order valence-corrected chi connectivity index (χ2v) is 5.68. The summed E-state index contributed by atoms with van der Waals surface area (Å²) >= 11 is 1.33. The Morgan fingerprint density at radius 1 is 1.32 bits per heavy atom. The lowest BCUT2D eigenvalue weighted by Gasteiger charge is -2.14. The second-order valence-electron chi connectivity index (χ2n) is 4.74. The average molecular weight is 329 g/mol. The number of thiophene rings is 1. The van der Waals surface area contributed by atoms with E-state index < -0.39 is 29.3 Å². The van der Waals surface area contributed by atoms with Gasteiger partial charge in [0, 0.05) is 11.4 Å². The van der Waals surface area contributed by atoms with Gasteiger partial charge in [0.1, 0.15) is 6.10 Å². The molecule has 0 bridgehead atoms. The lowest BCUT2D eigenvalue weighted by Crippen LogP contribution is -2.30. The standard InChI is InChI=1S/C15H14F3NO2S/c1-9-6-7-22-13(9)12(20)8-19-14(21)10-4-2-3-5-11(10)15(16,17)18/h2-7,12,20H,8H2,1H3,(H,19,21)/t12-/m0/s1. The molecule has 3 nitrogen and oxygen atoms in total. The molecule has 0 aliphatic heterocycles. The molecular formula is C15H14F3NO2S. The van der Waals surface area contributed by atoms with Crippen LogP contribution in [0.15, 0.2) is 35.7 Å². The van der Waals surface area contributed by atoms with Gasteiger partial charge in [0.25, 0.3) is 5.91 Å². The van der Waals surface area contributed by atoms with Crippen molar-refractivity contribution >= 4 is 17.2 Å². The highest BCUT2D eigenvalue weighted by atomic mass is 32.1. The summed E-state index contributed by atoms with van der Waals surface area (Å²) in [5.41, 5.74) is -0.568. The first-order valence-electron chi connectivity index (χ1n) is 6.47. The van der Waals surface area contributed by atoms with Crippen molar-refractivity contribution in [3.8, 4) is 0 Å². The number of alkyl halides is 3. The Kier molecular flexibility index (Phi) is 4.87. The zero-order valence-electron chi connectivity index (χ0n) is 11.6. The van der Waals surface area contributed by atoms with Crippen LogP contribution in [0.3, 0.4) is 0 Å². The van der Waals surface area contributed by atoms with Crippen LogP contribution in [0, 0.1) is 6.92 Å². The van der Waals surface area contributed by atoms with E-state index in [9.17, 15) is 23.1 Å². The highest BCUT2D eigenvalue weighted by molar-refractivity contribution is 7.10. The summed E-state index contributed by atoms with van der Waals surface area (Å²) in [6.07, 6.45) is -5.54. The molecule has 22 heavy (non-hydrogen) atoms. The van der Waals surface area contributed by atoms with E-state index in [1.54, 1.807) is 5.38 Å². The Labute approximate surface area is 129 Å². The molecule has 2 aromatic rings. The number of hydrogen-bond donors (Lipinski definition) is 2. The predicted molar refractivity (Wildman–Crippen MR) is 77.8 cm³/mol. The zero-order chi connectivity index (χ0) is 16.3. The monoisotopic (exact) mass is 329 g/mol. The lowest BCUT2D eigenvalue weighted by atomic mass is 10.1. The number of aryl methyl sites for hydroxylation is 1. The van der Waals surface area contributed by atoms with Crippen molar-refractivity contribution in [2.24, 2.45) is 0 Å². The number of aliphatic hydroxyl groups is 1. The molecule has 118 valence electrons. The van der Waals surface area contributed by atoms with Crippen molar-refractivity contribution in [1.29, 1.82) is 0 Å². The molecule has 1 heterocycles. The van der Waals surface area contributed by atoms with Gasteiger partial charge in [0.2, 0.25) is 0 Å². The molecule has 2 rings (SSSR count). The first-order valence-corrected chi connectivity index (χ1v) is 7.35. The molecular weight excluding hydrogens is 315 g/mol. The Morgan fingerprint density at radius 3 is 2.59 bits per heavy atom. The highest BCUT2D eigenvalue weighted by Gasteiger charge is 2.34. The van der Waals surface area contributed by atoms with Gasteiger partial charge < -0.3 is 10.4 Å². The van der Waals surface area contributed by atoms with Gasteiger partial charge in [0.05, 0.1) is 11.1 Å². The third kappa shape index (κ3) is 3.66. The molecule has 0 aliphatic rings. The minimum Gasteiger partial charge on any atom is -0.386 e. The molecule has 1 aromatic carbocycles. The molecule has 0 saturated heterocycles. The fourth-order valence-corrected chi connectivity index (χ4v) is 2.94. The largest absolute Gasteiger partial charge is 0.417 e. The van der Waals surface area contributed by atoms with Crippen LogP contribution in [0.5, 0.6) is 0 Å². The molecule has 0 saturated carbocycles. The van der Waals surface area contributed by atoms with E-state index in [4.69, 9.17) is 0 Å². The van der Waals surface area contributed by atoms with Crippen LogP contribution in [0.25, 0.3) is 0 Å². The summed E-state index contributed by atoms with van der Waals surface area (Å²) in [4.78, 5) is 12.6. The van der Waals surface area contributed by atoms with Crippen LogP contribution in [-0.2, 0) is 6.18 Å². The van der Waals surface area contributed by atoms with Gasteiger partial charge in [-0.1, -0.05) is 12.1 Å². The van der Waals surface area contributed by atoms with Gasteiger partial charge in [-0.05, 0) is 36.1 Å². The minimum absolute atomic E-state index is 0.146. The molecule has 1 atom stereocenters. The molecule has 0 unspecified atom stereocenters. The number of aliphatic hydroxyl groups excluding tert-OH is 1. The zero-order valence-corrected chi connectivity index (χ0v) is 12.5. The number of amides is 1. The van der Waals surface area contributed by atoms with Crippen LogP contribution in [0.2, 0.25) is 0 Å². The van der Waals surface area contributed by atoms with Gasteiger partial charge >= 0.3 is 6.18 Å². The van der Waals surface area contributed by atoms with Gasteiger partial charge in [-0.15, -0.1) is 11.3 Å². The minimum atomic E-state index is -4.60. The predicted octanol–water partition coefficient (Wildman–Crippen LogP) is 3.54. The molecule has 2 N–H and O–H groups in total. The van der Waals surface area contributed by atoms with Gasteiger partial charge in [-0.3, -0.25) is 4.79 Å². The van der Waals surface area contributed by atoms with Crippen LogP contribution < -0.4 is 5.32 Å². The number of halogens is 3. The molecule has 0 fully saturated rings. The van der Waals surface area contributed by atoms with Crippen molar-refractivity contribution in [2.45, 2.75) is 19.2 Å². The van der Waals surface area contributed by atoms with Gasteiger partial charge in [-0.2, -0.15) is 13.2 Å². The van der Waals surface area contributed by atoms with E-state index in [2.05, 4.69) is 5.32 Å². The van der Waals surface area contributed by atoms with E-state index in [1.807, 2.05) is 13.0 Å². The van der Waals surface area contributed by atoms with Crippen LogP contribution in [0.1, 0.15) is 32.5 Å². The maximum atomic E-state index is 12.9. The van der Waals surface area contributed by atoms with Crippen molar-refractivity contribution in [3.05, 3.63) is 57.3 Å². The lowest BCUT2D eigenvalue weighted by molar-refractivity contribution is -0.137. The van der Waals surface area contributed by atoms with E-state index in [-0.39, 0.29) is 6.54 Å². The van der Waals surface area contributed by atoms with Crippen molar-refractivity contribution in [3.63, 3.8) is 0 Å². The van der Waals surface area contributed by atoms with Crippen LogP contribution in [-0.4, -0.2) is 17.6 Å². The molecule has 1 amide bonds. The van der Waals surface area contributed by atoms with Crippen LogP contribution in [0.4, 0.5) is 13.2 Å². The topological polar surface area (TPSA) is 49.3 Å². The Hall–Kier alpha value is -1.86.